The summed E-state index contributed by atoms with van der Waals surface area (Å²) >= 11 is 0. The number of carbonyl (C=O) groups is 2. The molecule has 0 radical (unpaired) electrons. The lowest BCUT2D eigenvalue weighted by Crippen LogP contribution is -2.28. The largest absolute Gasteiger partial charge is 0.481 e. The van der Waals surface area contributed by atoms with Gasteiger partial charge in [0, 0.05) is 119 Å². The van der Waals surface area contributed by atoms with E-state index in [-0.39, 0.29) is 64.7 Å². The SMILES string of the molecule is CC[N+]1=C(/C=C/C=C/C=C2/N(CCCCCC(=O)NCc3ccc4c(c3)C(C)(C)C(/C=C/C=C/C=C3/N(CCCCCC(=O)O)c5ccc(S(=O)(=O)O)cc5C3(C)C)=[N+]4CCCS(=O)(=O)O)c3ccc4c(S(=O)(=O)O)cc(S(=O)(=O)O)cc4c3C2(C)C)C(C)(C)c2c1ccc1c(S(=O)(=O)O)cc(S(=O)(=O)O)cc21. The molecule has 0 fully saturated rings. The lowest BCUT2D eigenvalue weighted by atomic mass is 9.79. The third-order valence-electron chi connectivity index (χ3n) is 20.7. The van der Waals surface area contributed by atoms with Crippen molar-refractivity contribution in [2.24, 2.45) is 0 Å². The van der Waals surface area contributed by atoms with Crippen LogP contribution in [0.15, 0.2) is 182 Å². The standard InChI is InChI=1S/C76H87N5O21S6/c1-10-78-61-36-32-53-55(43-51(105(91,92)93)46-63(53)107(97,98)99)71(61)75(6,7)67(78)26-17-12-18-27-68-76(8,9)72-56-44-52(106(94,95)96)47-64(108(100,101)102)54(56)33-37-62(72)81(68)39-21-13-19-28-69(82)77-48-49-30-34-59-57(42-49)73(2,3)65(80(59)40-23-41-103(85,86)87)24-15-11-16-25-66-74(4,5)58-45-50(104(88,89)90)31-35-60(58)79(66)38-22-14-20-29-70(83)84/h11-12,15-18,24-27,30-37,42-47H,10,13-14,19-23,28-29,38-41,48H2,1-9H3,(H6-2,77,82,83,84,85,86,87,88,89,90,91,92,93,94,95,96,97,98,99,100,101,102)/p+2. The predicted molar refractivity (Wildman–Crippen MR) is 412 cm³/mol. The number of unbranched alkanes of at least 4 members (excludes halogenated alkanes) is 4. The molecule has 10 rings (SSSR count). The summed E-state index contributed by atoms with van der Waals surface area (Å²) in [7, 11) is -28.8. The highest BCUT2D eigenvalue weighted by Crippen LogP contribution is 2.53. The smallest absolute Gasteiger partial charge is 0.303 e. The number of carbonyl (C=O) groups excluding carboxylic acids is 1. The number of rotatable bonds is 30. The number of hydrogen-bond donors (Lipinski definition) is 8. The number of allylic oxidation sites excluding steroid dienone is 12. The first-order valence-electron chi connectivity index (χ1n) is 34.9. The van der Waals surface area contributed by atoms with Crippen molar-refractivity contribution >= 4 is 128 Å². The summed E-state index contributed by atoms with van der Waals surface area (Å²) in [4.78, 5) is 25.8. The number of benzene rings is 6. The van der Waals surface area contributed by atoms with E-state index in [0.717, 1.165) is 39.6 Å². The average molecular weight is 1600 g/mol. The fourth-order valence-electron chi connectivity index (χ4n) is 15.6. The fraction of sp³-hybridized carbons (Fsp3) is 0.368. The van der Waals surface area contributed by atoms with Gasteiger partial charge >= 0.3 is 5.97 Å². The Morgan fingerprint density at radius 1 is 0.454 bits per heavy atom. The number of anilines is 2. The van der Waals surface area contributed by atoms with Crippen molar-refractivity contribution in [3.8, 4) is 0 Å². The van der Waals surface area contributed by atoms with Crippen LogP contribution in [-0.4, -0.2) is 147 Å². The van der Waals surface area contributed by atoms with Gasteiger partial charge in [-0.1, -0.05) is 89.1 Å². The molecule has 1 amide bonds. The molecule has 108 heavy (non-hydrogen) atoms. The first-order valence-corrected chi connectivity index (χ1v) is 43.7. The van der Waals surface area contributed by atoms with Gasteiger partial charge in [0.2, 0.25) is 17.3 Å². The topological polar surface area (TPSA) is 405 Å². The van der Waals surface area contributed by atoms with E-state index >= 15 is 0 Å². The van der Waals surface area contributed by atoms with Crippen LogP contribution < -0.4 is 15.1 Å². The van der Waals surface area contributed by atoms with Gasteiger partial charge in [-0.25, -0.2) is 0 Å². The number of hydrogen-bond acceptors (Lipinski definition) is 16. The van der Waals surface area contributed by atoms with Crippen LogP contribution in [0, 0.1) is 0 Å². The van der Waals surface area contributed by atoms with Crippen LogP contribution in [0.25, 0.3) is 21.5 Å². The Kier molecular flexibility index (Phi) is 23.2. The Morgan fingerprint density at radius 3 is 1.48 bits per heavy atom. The van der Waals surface area contributed by atoms with Gasteiger partial charge in [0.05, 0.1) is 31.3 Å². The summed E-state index contributed by atoms with van der Waals surface area (Å²) in [6, 6.07) is 20.3. The second-order valence-corrected chi connectivity index (χ2v) is 38.0. The highest BCUT2D eigenvalue weighted by atomic mass is 32.2. The van der Waals surface area contributed by atoms with Crippen LogP contribution in [0.3, 0.4) is 0 Å². The number of fused-ring (bicyclic) bond motifs is 8. The van der Waals surface area contributed by atoms with E-state index in [4.69, 9.17) is 0 Å². The summed E-state index contributed by atoms with van der Waals surface area (Å²) in [5.74, 6) is -1.58. The van der Waals surface area contributed by atoms with E-state index in [1.54, 1.807) is 36.4 Å². The minimum Gasteiger partial charge on any atom is -0.481 e. The summed E-state index contributed by atoms with van der Waals surface area (Å²) in [5, 5.41) is 12.6. The predicted octanol–water partition coefficient (Wildman–Crippen LogP) is 12.4. The van der Waals surface area contributed by atoms with Crippen molar-refractivity contribution in [3.05, 3.63) is 185 Å². The van der Waals surface area contributed by atoms with E-state index in [1.165, 1.54) is 36.4 Å². The maximum absolute atomic E-state index is 13.7. The molecule has 26 nitrogen and oxygen atoms in total. The van der Waals surface area contributed by atoms with Gasteiger partial charge in [0.25, 0.3) is 60.7 Å². The number of amides is 1. The zero-order valence-electron chi connectivity index (χ0n) is 61.0. The molecule has 8 N–H and O–H groups in total. The third-order valence-corrected chi connectivity index (χ3v) is 25.8. The molecule has 6 aromatic carbocycles. The van der Waals surface area contributed by atoms with Crippen molar-refractivity contribution < 1.29 is 102 Å². The van der Waals surface area contributed by atoms with Crippen molar-refractivity contribution in [3.63, 3.8) is 0 Å². The molecule has 0 aliphatic carbocycles. The lowest BCUT2D eigenvalue weighted by Gasteiger charge is -2.27. The molecule has 0 atom stereocenters. The van der Waals surface area contributed by atoms with Crippen molar-refractivity contribution in [1.29, 1.82) is 0 Å². The molecule has 4 aliphatic rings. The van der Waals surface area contributed by atoms with Crippen LogP contribution in [0.2, 0.25) is 0 Å². The van der Waals surface area contributed by atoms with Crippen LogP contribution in [-0.2, 0) is 98.5 Å². The second-order valence-electron chi connectivity index (χ2n) is 29.4. The van der Waals surface area contributed by atoms with E-state index in [2.05, 4.69) is 10.2 Å². The van der Waals surface area contributed by atoms with E-state index in [1.807, 2.05) is 137 Å². The highest BCUT2D eigenvalue weighted by molar-refractivity contribution is 7.87. The molecule has 0 spiro atoms. The zero-order chi connectivity index (χ0) is 79.5. The number of aliphatic carboxylic acids is 1. The Morgan fingerprint density at radius 2 is 0.954 bits per heavy atom. The van der Waals surface area contributed by atoms with Gasteiger partial charge in [-0.2, -0.15) is 59.7 Å². The summed E-state index contributed by atoms with van der Waals surface area (Å²) in [6.07, 6.45) is 22.0. The monoisotopic (exact) mass is 1600 g/mol. The summed E-state index contributed by atoms with van der Waals surface area (Å²) < 4.78 is 214. The molecule has 0 unspecified atom stereocenters. The summed E-state index contributed by atoms with van der Waals surface area (Å²) in [6.45, 7) is 19.0. The second kappa shape index (κ2) is 30.5. The molecule has 0 saturated carbocycles. The average Bonchev–Trinajstić information content (AvgIpc) is 1.53. The molecule has 578 valence electrons. The molecule has 0 aromatic heterocycles. The Labute approximate surface area is 630 Å². The zero-order valence-corrected chi connectivity index (χ0v) is 65.9. The number of carboxylic acids is 1. The van der Waals surface area contributed by atoms with Crippen molar-refractivity contribution in [2.45, 2.75) is 173 Å². The van der Waals surface area contributed by atoms with E-state index in [0.29, 0.717) is 104 Å². The van der Waals surface area contributed by atoms with Gasteiger partial charge in [0.1, 0.15) is 22.9 Å². The fourth-order valence-corrected chi connectivity index (χ4v) is 19.3. The maximum atomic E-state index is 13.7. The summed E-state index contributed by atoms with van der Waals surface area (Å²) in [5.41, 5.74) is 5.94. The quantitative estimate of drug-likeness (QED) is 0.00898. The third kappa shape index (κ3) is 17.0. The maximum Gasteiger partial charge on any atom is 0.303 e. The van der Waals surface area contributed by atoms with Crippen LogP contribution >= 0.6 is 0 Å². The Balaban J connectivity index is 0.854. The van der Waals surface area contributed by atoms with Crippen LogP contribution in [0.4, 0.5) is 22.7 Å². The lowest BCUT2D eigenvalue weighted by molar-refractivity contribution is -0.437. The number of nitrogens with zero attached hydrogens (tertiary/aromatic N) is 4. The molecule has 6 aromatic rings. The molecule has 4 heterocycles. The molecular formula is C76H89N5O21S6+2. The highest BCUT2D eigenvalue weighted by Gasteiger charge is 2.48. The molecular weight excluding hydrogens is 1510 g/mol. The van der Waals surface area contributed by atoms with Crippen LogP contribution in [0.5, 0.6) is 0 Å². The Bertz CT molecular complexity index is 5730. The van der Waals surface area contributed by atoms with Gasteiger partial charge in [0.15, 0.2) is 11.4 Å². The van der Waals surface area contributed by atoms with E-state index < -0.39 is 114 Å². The van der Waals surface area contributed by atoms with Gasteiger partial charge in [-0.3, -0.25) is 36.9 Å². The van der Waals surface area contributed by atoms with Gasteiger partial charge in [-0.15, -0.1) is 0 Å². The van der Waals surface area contributed by atoms with Crippen molar-refractivity contribution in [2.75, 3.05) is 41.7 Å². The minimum atomic E-state index is -5.05. The first-order chi connectivity index (χ1) is 50.1. The molecule has 4 aliphatic heterocycles. The van der Waals surface area contributed by atoms with Gasteiger partial charge in [-0.05, 0) is 161 Å². The number of nitrogens with one attached hydrogen (secondary N) is 1. The normalized spacial score (nSPS) is 17.8. The minimum absolute atomic E-state index is 0.00231. The Hall–Kier alpha value is -8.38. The first kappa shape index (κ1) is 82.1. The van der Waals surface area contributed by atoms with E-state index in [9.17, 15) is 92.5 Å². The van der Waals surface area contributed by atoms with Crippen LogP contribution in [0.1, 0.15) is 148 Å². The number of carboxylic acid groups (broad SMARTS) is 1. The van der Waals surface area contributed by atoms with Crippen molar-refractivity contribution in [1.82, 2.24) is 5.32 Å². The molecule has 0 saturated heterocycles. The molecule has 0 bridgehead atoms. The van der Waals surface area contributed by atoms with Gasteiger partial charge < -0.3 is 20.2 Å². The molecule has 32 heteroatoms.